The van der Waals surface area contributed by atoms with E-state index in [1.54, 1.807) is 6.07 Å². The lowest BCUT2D eigenvalue weighted by Gasteiger charge is -2.13. The van der Waals surface area contributed by atoms with Gasteiger partial charge in [0.05, 0.1) is 6.54 Å². The van der Waals surface area contributed by atoms with Crippen molar-refractivity contribution in [3.63, 3.8) is 0 Å². The van der Waals surface area contributed by atoms with Gasteiger partial charge in [-0.3, -0.25) is 4.79 Å². The van der Waals surface area contributed by atoms with Gasteiger partial charge in [-0.2, -0.15) is 0 Å². The van der Waals surface area contributed by atoms with Crippen molar-refractivity contribution in [2.45, 2.75) is 19.4 Å². The average Bonchev–Trinajstić information content (AvgIpc) is 2.77. The summed E-state index contributed by atoms with van der Waals surface area (Å²) in [5, 5.41) is 6.80. The minimum absolute atomic E-state index is 0.0279. The van der Waals surface area contributed by atoms with E-state index in [0.29, 0.717) is 17.6 Å². The molecule has 1 unspecified atom stereocenters. The summed E-state index contributed by atoms with van der Waals surface area (Å²) in [5.41, 5.74) is 1.79. The van der Waals surface area contributed by atoms with Gasteiger partial charge in [0.15, 0.2) is 0 Å². The summed E-state index contributed by atoms with van der Waals surface area (Å²) in [4.78, 5) is 14.1. The highest BCUT2D eigenvalue weighted by Gasteiger charge is 2.19. The van der Waals surface area contributed by atoms with Crippen molar-refractivity contribution in [3.05, 3.63) is 28.8 Å². The molecule has 1 fully saturated rings. The van der Waals surface area contributed by atoms with Gasteiger partial charge in [-0.25, -0.2) is 0 Å². The normalized spacial score (nSPS) is 19.6. The molecule has 1 aromatic rings. The van der Waals surface area contributed by atoms with Crippen LogP contribution in [0.25, 0.3) is 0 Å². The summed E-state index contributed by atoms with van der Waals surface area (Å²) in [6.45, 7) is 4.38. The van der Waals surface area contributed by atoms with Crippen molar-refractivity contribution in [2.24, 2.45) is 0 Å². The van der Waals surface area contributed by atoms with Crippen LogP contribution in [0.15, 0.2) is 18.2 Å². The largest absolute Gasteiger partial charge is 0.325 e. The molecule has 1 atom stereocenters. The number of rotatable bonds is 4. The van der Waals surface area contributed by atoms with Crippen molar-refractivity contribution in [1.29, 1.82) is 0 Å². The summed E-state index contributed by atoms with van der Waals surface area (Å²) in [6.07, 6.45) is 1.10. The number of likely N-dealkylation sites (tertiary alicyclic amines) is 1. The first-order chi connectivity index (χ1) is 9.04. The second kappa shape index (κ2) is 6.37. The number of carbonyl (C=O) groups is 1. The van der Waals surface area contributed by atoms with Crippen LogP contribution in [-0.4, -0.2) is 43.5 Å². The maximum atomic E-state index is 11.9. The summed E-state index contributed by atoms with van der Waals surface area (Å²) in [6, 6.07) is 5.91. The fourth-order valence-electron chi connectivity index (χ4n) is 2.26. The lowest BCUT2D eigenvalue weighted by Crippen LogP contribution is -2.37. The van der Waals surface area contributed by atoms with Gasteiger partial charge in [-0.05, 0) is 44.6 Å². The Hall–Kier alpha value is -1.10. The first kappa shape index (κ1) is 14.3. The lowest BCUT2D eigenvalue weighted by molar-refractivity contribution is -0.115. The second-order valence-electron chi connectivity index (χ2n) is 5.14. The van der Waals surface area contributed by atoms with Gasteiger partial charge in [0.25, 0.3) is 0 Å². The maximum absolute atomic E-state index is 11.9. The fraction of sp³-hybridized carbons (Fsp3) is 0.500. The lowest BCUT2D eigenvalue weighted by atomic mass is 10.2. The Labute approximate surface area is 119 Å². The Bertz CT molecular complexity index is 464. The van der Waals surface area contributed by atoms with E-state index in [-0.39, 0.29) is 5.91 Å². The summed E-state index contributed by atoms with van der Waals surface area (Å²) in [5.74, 6) is -0.0279. The summed E-state index contributed by atoms with van der Waals surface area (Å²) < 4.78 is 0. The van der Waals surface area contributed by atoms with Crippen LogP contribution in [0.5, 0.6) is 0 Å². The molecule has 2 N–H and O–H groups in total. The predicted molar refractivity (Wildman–Crippen MR) is 78.7 cm³/mol. The zero-order chi connectivity index (χ0) is 13.8. The second-order valence-corrected chi connectivity index (χ2v) is 5.57. The number of halogens is 1. The van der Waals surface area contributed by atoms with Crippen LogP contribution < -0.4 is 10.6 Å². The molecule has 1 heterocycles. The SMILES string of the molecule is Cc1ccc(Cl)cc1NC(=O)CNC1CCN(C)C1. The molecule has 0 saturated carbocycles. The third kappa shape index (κ3) is 4.20. The summed E-state index contributed by atoms with van der Waals surface area (Å²) >= 11 is 5.92. The number of hydrogen-bond donors (Lipinski definition) is 2. The summed E-state index contributed by atoms with van der Waals surface area (Å²) in [7, 11) is 2.09. The first-order valence-electron chi connectivity index (χ1n) is 6.52. The van der Waals surface area contributed by atoms with Gasteiger partial charge in [0.2, 0.25) is 5.91 Å². The number of aryl methyl sites for hydroxylation is 1. The van der Waals surface area contributed by atoms with Crippen molar-refractivity contribution in [3.8, 4) is 0 Å². The van der Waals surface area contributed by atoms with Crippen molar-refractivity contribution in [2.75, 3.05) is 32.0 Å². The zero-order valence-corrected chi connectivity index (χ0v) is 12.1. The first-order valence-corrected chi connectivity index (χ1v) is 6.90. The van der Waals surface area contributed by atoms with E-state index in [1.165, 1.54) is 0 Å². The zero-order valence-electron chi connectivity index (χ0n) is 11.4. The molecule has 104 valence electrons. The third-order valence-electron chi connectivity index (χ3n) is 3.42. The Morgan fingerprint density at radius 3 is 3.00 bits per heavy atom. The molecule has 19 heavy (non-hydrogen) atoms. The average molecular weight is 282 g/mol. The van der Waals surface area contributed by atoms with Gasteiger partial charge in [0.1, 0.15) is 0 Å². The molecule has 1 aromatic carbocycles. The minimum atomic E-state index is -0.0279. The van der Waals surface area contributed by atoms with Crippen LogP contribution in [0.3, 0.4) is 0 Å². The van der Waals surface area contributed by atoms with Crippen molar-refractivity contribution >= 4 is 23.2 Å². The molecule has 0 bridgehead atoms. The van der Waals surface area contributed by atoms with Gasteiger partial charge < -0.3 is 15.5 Å². The monoisotopic (exact) mass is 281 g/mol. The van der Waals surface area contributed by atoms with E-state index in [9.17, 15) is 4.79 Å². The molecule has 1 saturated heterocycles. The highest BCUT2D eigenvalue weighted by atomic mass is 35.5. The minimum Gasteiger partial charge on any atom is -0.325 e. The van der Waals surface area contributed by atoms with Gasteiger partial charge in [-0.1, -0.05) is 17.7 Å². The Kier molecular flexibility index (Phi) is 4.80. The molecule has 0 aromatic heterocycles. The van der Waals surface area contributed by atoms with E-state index in [4.69, 9.17) is 11.6 Å². The molecule has 1 aliphatic heterocycles. The highest BCUT2D eigenvalue weighted by Crippen LogP contribution is 2.19. The highest BCUT2D eigenvalue weighted by molar-refractivity contribution is 6.31. The van der Waals surface area contributed by atoms with Crippen LogP contribution in [0, 0.1) is 6.92 Å². The van der Waals surface area contributed by atoms with E-state index in [0.717, 1.165) is 30.8 Å². The van der Waals surface area contributed by atoms with E-state index < -0.39 is 0 Å². The number of carbonyl (C=O) groups excluding carboxylic acids is 1. The molecular formula is C14H20ClN3O. The number of benzene rings is 1. The topological polar surface area (TPSA) is 44.4 Å². The Morgan fingerprint density at radius 2 is 2.32 bits per heavy atom. The smallest absolute Gasteiger partial charge is 0.238 e. The molecule has 1 amide bonds. The van der Waals surface area contributed by atoms with Crippen molar-refractivity contribution < 1.29 is 4.79 Å². The van der Waals surface area contributed by atoms with Crippen molar-refractivity contribution in [1.82, 2.24) is 10.2 Å². The molecular weight excluding hydrogens is 262 g/mol. The quantitative estimate of drug-likeness (QED) is 0.886. The number of anilines is 1. The number of nitrogens with one attached hydrogen (secondary N) is 2. The molecule has 4 nitrogen and oxygen atoms in total. The third-order valence-corrected chi connectivity index (χ3v) is 3.65. The standard InChI is InChI=1S/C14H20ClN3O/c1-10-3-4-11(15)7-13(10)17-14(19)8-16-12-5-6-18(2)9-12/h3-4,7,12,16H,5-6,8-9H2,1-2H3,(H,17,19). The molecule has 0 aliphatic carbocycles. The van der Waals surface area contributed by atoms with Crippen LogP contribution in [-0.2, 0) is 4.79 Å². The van der Waals surface area contributed by atoms with Crippen LogP contribution in [0.4, 0.5) is 5.69 Å². The van der Waals surface area contributed by atoms with Crippen LogP contribution in [0.1, 0.15) is 12.0 Å². The predicted octanol–water partition coefficient (Wildman–Crippen LogP) is 1.88. The Balaban J connectivity index is 1.82. The number of amides is 1. The van der Waals surface area contributed by atoms with Crippen LogP contribution >= 0.6 is 11.6 Å². The van der Waals surface area contributed by atoms with Gasteiger partial charge in [0, 0.05) is 23.3 Å². The molecule has 2 rings (SSSR count). The molecule has 0 spiro atoms. The van der Waals surface area contributed by atoms with Gasteiger partial charge >= 0.3 is 0 Å². The maximum Gasteiger partial charge on any atom is 0.238 e. The fourth-order valence-corrected chi connectivity index (χ4v) is 2.43. The number of hydrogen-bond acceptors (Lipinski definition) is 3. The van der Waals surface area contributed by atoms with E-state index in [1.807, 2.05) is 19.1 Å². The van der Waals surface area contributed by atoms with E-state index in [2.05, 4.69) is 22.6 Å². The van der Waals surface area contributed by atoms with E-state index >= 15 is 0 Å². The Morgan fingerprint density at radius 1 is 1.53 bits per heavy atom. The molecule has 5 heteroatoms. The van der Waals surface area contributed by atoms with Crippen LogP contribution in [0.2, 0.25) is 5.02 Å². The molecule has 0 radical (unpaired) electrons. The van der Waals surface area contributed by atoms with Gasteiger partial charge in [-0.15, -0.1) is 0 Å². The molecule has 1 aliphatic rings. The number of likely N-dealkylation sites (N-methyl/N-ethyl adjacent to an activating group) is 1. The number of nitrogens with zero attached hydrogens (tertiary/aromatic N) is 1.